The van der Waals surface area contributed by atoms with Crippen molar-refractivity contribution in [2.45, 2.75) is 58.7 Å². The van der Waals surface area contributed by atoms with Crippen LogP contribution in [0.4, 0.5) is 10.6 Å². The van der Waals surface area contributed by atoms with Crippen LogP contribution in [0.2, 0.25) is 0 Å². The highest BCUT2D eigenvalue weighted by Gasteiger charge is 2.38. The molecule has 190 valence electrons. The first-order valence-corrected chi connectivity index (χ1v) is 12.5. The molecule has 3 aliphatic heterocycles. The first kappa shape index (κ1) is 23.7. The Hall–Kier alpha value is -2.99. The van der Waals surface area contributed by atoms with E-state index in [1.807, 2.05) is 16.7 Å². The maximum Gasteiger partial charge on any atom is 0.320 e. The van der Waals surface area contributed by atoms with E-state index in [4.69, 9.17) is 4.74 Å². The van der Waals surface area contributed by atoms with Crippen molar-refractivity contribution >= 4 is 17.8 Å². The van der Waals surface area contributed by atoms with Gasteiger partial charge in [-0.15, -0.1) is 0 Å². The summed E-state index contributed by atoms with van der Waals surface area (Å²) in [6, 6.07) is 0.162. The molecule has 5 heterocycles. The first-order valence-electron chi connectivity index (χ1n) is 12.5. The Morgan fingerprint density at radius 1 is 1.17 bits per heavy atom. The summed E-state index contributed by atoms with van der Waals surface area (Å²) in [5, 5.41) is 17.3. The third-order valence-corrected chi connectivity index (χ3v) is 7.54. The monoisotopic (exact) mass is 486 g/mol. The van der Waals surface area contributed by atoms with Crippen LogP contribution in [0.5, 0.6) is 0 Å². The molecule has 0 aromatic carbocycles. The second-order valence-corrected chi connectivity index (χ2v) is 9.90. The number of urea groups is 1. The molecule has 3 amide bonds. The zero-order valence-corrected chi connectivity index (χ0v) is 20.6. The van der Waals surface area contributed by atoms with E-state index in [9.17, 15) is 9.59 Å². The van der Waals surface area contributed by atoms with Gasteiger partial charge in [-0.2, -0.15) is 5.10 Å². The highest BCUT2D eigenvalue weighted by atomic mass is 16.6. The minimum absolute atomic E-state index is 0.0238. The molecule has 1 unspecified atom stereocenters. The Labute approximate surface area is 204 Å². The predicted octanol–water partition coefficient (Wildman–Crippen LogP) is 2.17. The van der Waals surface area contributed by atoms with Crippen LogP contribution >= 0.6 is 0 Å². The van der Waals surface area contributed by atoms with Crippen molar-refractivity contribution in [2.75, 3.05) is 44.7 Å². The minimum Gasteiger partial charge on any atom is -0.381 e. The van der Waals surface area contributed by atoms with Gasteiger partial charge in [0.25, 0.3) is 5.91 Å². The van der Waals surface area contributed by atoms with Gasteiger partial charge in [0.05, 0.1) is 18.3 Å². The Morgan fingerprint density at radius 2 is 1.97 bits per heavy atom. The number of nitrogens with one attached hydrogen (secondary N) is 2. The van der Waals surface area contributed by atoms with Crippen LogP contribution in [0.1, 0.15) is 66.6 Å². The third-order valence-electron chi connectivity index (χ3n) is 7.54. The van der Waals surface area contributed by atoms with Crippen molar-refractivity contribution in [1.29, 1.82) is 0 Å². The quantitative estimate of drug-likeness (QED) is 0.672. The number of ether oxygens (including phenoxy) is 1. The van der Waals surface area contributed by atoms with Gasteiger partial charge < -0.3 is 19.9 Å². The zero-order valence-electron chi connectivity index (χ0n) is 20.6. The number of hydrogen-bond donors (Lipinski definition) is 2. The van der Waals surface area contributed by atoms with Crippen LogP contribution in [-0.2, 0) is 11.3 Å². The lowest BCUT2D eigenvalue weighted by Gasteiger charge is -2.34. The van der Waals surface area contributed by atoms with Crippen LogP contribution in [0.3, 0.4) is 0 Å². The number of aromatic amines is 1. The van der Waals surface area contributed by atoms with Crippen molar-refractivity contribution in [3.63, 3.8) is 0 Å². The zero-order chi connectivity index (χ0) is 24.5. The van der Waals surface area contributed by atoms with Crippen molar-refractivity contribution < 1.29 is 19.0 Å². The summed E-state index contributed by atoms with van der Waals surface area (Å²) in [6.07, 6.45) is 3.20. The van der Waals surface area contributed by atoms with Crippen LogP contribution in [-0.4, -0.2) is 92.6 Å². The lowest BCUT2D eigenvalue weighted by Crippen LogP contribution is -2.47. The number of carbonyl (C=O) groups excluding carboxylic acids is 2. The van der Waals surface area contributed by atoms with Crippen LogP contribution < -0.4 is 5.32 Å². The molecular weight excluding hydrogens is 452 g/mol. The second-order valence-electron chi connectivity index (χ2n) is 9.90. The summed E-state index contributed by atoms with van der Waals surface area (Å²) in [5.41, 5.74) is 2.18. The van der Waals surface area contributed by atoms with Crippen LogP contribution in [0.25, 0.3) is 0 Å². The summed E-state index contributed by atoms with van der Waals surface area (Å²) in [7, 11) is 0. The average molecular weight is 487 g/mol. The van der Waals surface area contributed by atoms with Crippen molar-refractivity contribution in [1.82, 2.24) is 35.2 Å². The summed E-state index contributed by atoms with van der Waals surface area (Å²) in [4.78, 5) is 32.5. The number of H-pyrrole nitrogens is 1. The van der Waals surface area contributed by atoms with Gasteiger partial charge in [-0.05, 0) is 51.1 Å². The molecular formula is C23H34N8O4. The molecule has 2 fully saturated rings. The van der Waals surface area contributed by atoms with Crippen LogP contribution in [0, 0.1) is 12.8 Å². The summed E-state index contributed by atoms with van der Waals surface area (Å²) >= 11 is 0. The normalized spacial score (nSPS) is 23.9. The molecule has 12 nitrogen and oxygen atoms in total. The first-order chi connectivity index (χ1) is 16.9. The lowest BCUT2D eigenvalue weighted by molar-refractivity contribution is 0.0468. The number of hydrogen-bond acceptors (Lipinski definition) is 8. The van der Waals surface area contributed by atoms with Gasteiger partial charge in [0.1, 0.15) is 5.69 Å². The number of carbonyl (C=O) groups is 2. The molecule has 2 atom stereocenters. The lowest BCUT2D eigenvalue weighted by atomic mass is 9.99. The standard InChI is InChI=1S/C23H34N8O4/c1-14-11-30(8-4-7-29(14)12-17-5-9-34-10-6-17)23(33)31-13-18-20(16(31)3)25-26-21(18)24-22(32)19-15(2)27-35-28-19/h14,16-17H,4-13H2,1-3H3,(H2,24,25,26,32)/t14-,16?/m1/s1. The van der Waals surface area contributed by atoms with Gasteiger partial charge in [-0.25, -0.2) is 9.42 Å². The topological polar surface area (TPSA) is 133 Å². The van der Waals surface area contributed by atoms with E-state index in [-0.39, 0.29) is 17.8 Å². The van der Waals surface area contributed by atoms with Crippen LogP contribution in [0.15, 0.2) is 4.63 Å². The van der Waals surface area contributed by atoms with E-state index in [1.54, 1.807) is 6.92 Å². The molecule has 2 N–H and O–H groups in total. The predicted molar refractivity (Wildman–Crippen MR) is 126 cm³/mol. The average Bonchev–Trinajstić information content (AvgIpc) is 3.51. The molecule has 5 rings (SSSR count). The Balaban J connectivity index is 1.22. The molecule has 0 spiro atoms. The molecule has 0 aliphatic carbocycles. The number of rotatable bonds is 4. The Morgan fingerprint density at radius 3 is 2.71 bits per heavy atom. The third kappa shape index (κ3) is 4.76. The molecule has 3 aliphatic rings. The van der Waals surface area contributed by atoms with Gasteiger partial charge >= 0.3 is 6.03 Å². The van der Waals surface area contributed by atoms with E-state index in [2.05, 4.69) is 42.3 Å². The smallest absolute Gasteiger partial charge is 0.320 e. The van der Waals surface area contributed by atoms with Gasteiger partial charge in [-0.3, -0.25) is 14.8 Å². The van der Waals surface area contributed by atoms with E-state index < -0.39 is 5.91 Å². The van der Waals surface area contributed by atoms with E-state index in [0.717, 1.165) is 63.4 Å². The number of aryl methyl sites for hydroxylation is 1. The summed E-state index contributed by atoms with van der Waals surface area (Å²) < 4.78 is 10.1. The number of aromatic nitrogens is 4. The fourth-order valence-electron chi connectivity index (χ4n) is 5.39. The van der Waals surface area contributed by atoms with Crippen molar-refractivity contribution in [2.24, 2.45) is 5.92 Å². The number of anilines is 1. The molecule has 12 heteroatoms. The molecule has 0 saturated carbocycles. The number of fused-ring (bicyclic) bond motifs is 1. The highest BCUT2D eigenvalue weighted by Crippen LogP contribution is 2.36. The Kier molecular flexibility index (Phi) is 6.74. The minimum atomic E-state index is -0.443. The number of nitrogens with zero attached hydrogens (tertiary/aromatic N) is 6. The van der Waals surface area contributed by atoms with Gasteiger partial charge in [0.15, 0.2) is 11.5 Å². The molecule has 35 heavy (non-hydrogen) atoms. The molecule has 2 saturated heterocycles. The van der Waals surface area contributed by atoms with Crippen molar-refractivity contribution in [3.8, 4) is 0 Å². The maximum absolute atomic E-state index is 13.6. The highest BCUT2D eigenvalue weighted by molar-refractivity contribution is 6.03. The number of amides is 3. The fraction of sp³-hybridized carbons (Fsp3) is 0.696. The second kappa shape index (κ2) is 9.94. The van der Waals surface area contributed by atoms with E-state index in [0.29, 0.717) is 36.6 Å². The van der Waals surface area contributed by atoms with E-state index >= 15 is 0 Å². The van der Waals surface area contributed by atoms with Gasteiger partial charge in [0.2, 0.25) is 0 Å². The molecule has 2 aromatic heterocycles. The summed E-state index contributed by atoms with van der Waals surface area (Å²) in [5.74, 6) is 0.637. The molecule has 0 radical (unpaired) electrons. The van der Waals surface area contributed by atoms with Crippen molar-refractivity contribution in [3.05, 3.63) is 22.6 Å². The molecule has 0 bridgehead atoms. The largest absolute Gasteiger partial charge is 0.381 e. The SMILES string of the molecule is Cc1nonc1C(=O)Nc1n[nH]c2c1CN(C(=O)N1CCCN(CC3CCOCC3)[C@H](C)C1)C2C. The van der Waals surface area contributed by atoms with Gasteiger partial charge in [0, 0.05) is 51.0 Å². The van der Waals surface area contributed by atoms with Gasteiger partial charge in [-0.1, -0.05) is 5.16 Å². The summed E-state index contributed by atoms with van der Waals surface area (Å²) in [6.45, 7) is 11.5. The maximum atomic E-state index is 13.6. The van der Waals surface area contributed by atoms with E-state index in [1.165, 1.54) is 0 Å². The fourth-order valence-corrected chi connectivity index (χ4v) is 5.39. The molecule has 2 aromatic rings. The Bertz CT molecular complexity index is 1060.